The van der Waals surface area contributed by atoms with Crippen molar-refractivity contribution in [2.45, 2.75) is 0 Å². The fourth-order valence-electron chi connectivity index (χ4n) is 0. The number of rotatable bonds is 0. The van der Waals surface area contributed by atoms with Crippen molar-refractivity contribution >= 4 is 86.4 Å². The Hall–Kier alpha value is 3.26. The van der Waals surface area contributed by atoms with Crippen molar-refractivity contribution in [3.63, 3.8) is 0 Å². The Morgan fingerprint density at radius 3 is 0.750 bits per heavy atom. The zero-order valence-electron chi connectivity index (χ0n) is 2.27. The van der Waals surface area contributed by atoms with Gasteiger partial charge in [0.05, 0.1) is 0 Å². The van der Waals surface area contributed by atoms with Crippen LogP contribution >= 0.6 is 0 Å². The Morgan fingerprint density at radius 2 is 0.750 bits per heavy atom. The third-order valence-corrected chi connectivity index (χ3v) is 0. The second-order valence-electron chi connectivity index (χ2n) is 0. The predicted molar refractivity (Wildman–Crippen MR) is 17.3 cm³/mol. The van der Waals surface area contributed by atoms with Crippen molar-refractivity contribution in [2.24, 2.45) is 0 Å². The van der Waals surface area contributed by atoms with E-state index in [4.69, 9.17) is 0 Å². The van der Waals surface area contributed by atoms with E-state index in [1.807, 2.05) is 0 Å². The van der Waals surface area contributed by atoms with Gasteiger partial charge in [0.1, 0.15) is 0 Å². The third-order valence-electron chi connectivity index (χ3n) is 0. The van der Waals surface area contributed by atoms with E-state index in [2.05, 4.69) is 0 Å². The van der Waals surface area contributed by atoms with E-state index in [0.717, 1.165) is 0 Å². The van der Waals surface area contributed by atoms with Gasteiger partial charge >= 0.3 is 0 Å². The maximum atomic E-state index is 0. The summed E-state index contributed by atoms with van der Waals surface area (Å²) in [6, 6.07) is 0. The molecule has 0 aromatic heterocycles. The first kappa shape index (κ1) is 26.8. The monoisotopic (exact) mass is 164 g/mol. The van der Waals surface area contributed by atoms with Crippen LogP contribution in [0.5, 0.6) is 0 Å². The molecular weight excluding hydrogens is 164 g/mol. The molecule has 8 radical (unpaired) electrons. The first-order chi connectivity index (χ1) is 0. The summed E-state index contributed by atoms with van der Waals surface area (Å²) in [4.78, 5) is 0. The summed E-state index contributed by atoms with van der Waals surface area (Å²) in [5.41, 5.74) is 0. The molecule has 0 bridgehead atoms. The molecular formula is Ca2FeSi. The van der Waals surface area contributed by atoms with Crippen LogP contribution in [0.1, 0.15) is 0 Å². The summed E-state index contributed by atoms with van der Waals surface area (Å²) in [5.74, 6) is 0. The Balaban J connectivity index is 0. The predicted octanol–water partition coefficient (Wildman–Crippen LogP) is -1.14. The maximum absolute atomic E-state index is 0. The number of hydrogen-bond donors (Lipinski definition) is 0. The van der Waals surface area contributed by atoms with Gasteiger partial charge in [-0.1, -0.05) is 0 Å². The average Bonchev–Trinajstić information content (AvgIpc) is 0. The normalized spacial score (nSPS) is 0. The Kier molecular flexibility index (Phi) is 109. The van der Waals surface area contributed by atoms with Gasteiger partial charge in [-0.3, -0.25) is 0 Å². The summed E-state index contributed by atoms with van der Waals surface area (Å²) < 4.78 is 0. The number of hydrogen-bond acceptors (Lipinski definition) is 0. The summed E-state index contributed by atoms with van der Waals surface area (Å²) in [6.07, 6.45) is 0. The van der Waals surface area contributed by atoms with Gasteiger partial charge in [-0.25, -0.2) is 0 Å². The molecule has 0 aliphatic heterocycles. The van der Waals surface area contributed by atoms with Crippen LogP contribution < -0.4 is 0 Å². The molecule has 16 valence electrons. The first-order valence-corrected chi connectivity index (χ1v) is 0. The van der Waals surface area contributed by atoms with E-state index in [1.54, 1.807) is 0 Å². The zero-order valence-corrected chi connectivity index (χ0v) is 8.79. The smallest absolute Gasteiger partial charge is 0 e. The van der Waals surface area contributed by atoms with Crippen molar-refractivity contribution in [1.82, 2.24) is 0 Å². The molecule has 0 saturated heterocycles. The van der Waals surface area contributed by atoms with Crippen LogP contribution in [0.25, 0.3) is 0 Å². The van der Waals surface area contributed by atoms with Crippen LogP contribution in [-0.2, 0) is 17.1 Å². The Bertz CT molecular complexity index is 6.00. The molecule has 0 aromatic carbocycles. The second-order valence-corrected chi connectivity index (χ2v) is 0. The minimum atomic E-state index is 0. The molecule has 0 saturated carbocycles. The van der Waals surface area contributed by atoms with Crippen LogP contribution in [0.2, 0.25) is 0 Å². The summed E-state index contributed by atoms with van der Waals surface area (Å²) in [7, 11) is 0. The van der Waals surface area contributed by atoms with Crippen molar-refractivity contribution in [3.8, 4) is 0 Å². The van der Waals surface area contributed by atoms with Gasteiger partial charge in [-0.15, -0.1) is 0 Å². The summed E-state index contributed by atoms with van der Waals surface area (Å²) >= 11 is 0. The Morgan fingerprint density at radius 1 is 0.750 bits per heavy atom. The minimum absolute atomic E-state index is 0. The SMILES string of the molecule is [Ca].[Ca].[Fe].[Si]. The van der Waals surface area contributed by atoms with Crippen LogP contribution in [0.3, 0.4) is 0 Å². The van der Waals surface area contributed by atoms with Crippen molar-refractivity contribution in [3.05, 3.63) is 0 Å². The molecule has 0 N–H and O–H groups in total. The topological polar surface area (TPSA) is 0 Å². The van der Waals surface area contributed by atoms with Gasteiger partial charge in [0.2, 0.25) is 0 Å². The van der Waals surface area contributed by atoms with E-state index in [0.29, 0.717) is 0 Å². The molecule has 0 aliphatic rings. The minimum Gasteiger partial charge on any atom is 0 e. The molecule has 4 heteroatoms. The molecule has 0 heterocycles. The third kappa shape index (κ3) is 8.98. The van der Waals surface area contributed by atoms with E-state index < -0.39 is 0 Å². The summed E-state index contributed by atoms with van der Waals surface area (Å²) in [6.45, 7) is 0. The van der Waals surface area contributed by atoms with Crippen LogP contribution in [0.4, 0.5) is 0 Å². The maximum Gasteiger partial charge on any atom is 0 e. The quantitative estimate of drug-likeness (QED) is 0.397. The van der Waals surface area contributed by atoms with Crippen LogP contribution in [-0.4, -0.2) is 86.4 Å². The van der Waals surface area contributed by atoms with E-state index in [9.17, 15) is 0 Å². The van der Waals surface area contributed by atoms with Gasteiger partial charge < -0.3 is 0 Å². The van der Waals surface area contributed by atoms with Crippen molar-refractivity contribution in [1.29, 1.82) is 0 Å². The van der Waals surface area contributed by atoms with Crippen molar-refractivity contribution in [2.75, 3.05) is 0 Å². The molecule has 0 fully saturated rings. The van der Waals surface area contributed by atoms with Gasteiger partial charge in [-0.2, -0.15) is 0 Å². The molecule has 0 atom stereocenters. The van der Waals surface area contributed by atoms with Crippen LogP contribution in [0.15, 0.2) is 0 Å². The summed E-state index contributed by atoms with van der Waals surface area (Å²) in [5, 5.41) is 0. The van der Waals surface area contributed by atoms with Gasteiger partial charge in [0.15, 0.2) is 0 Å². The Labute approximate surface area is 101 Å². The van der Waals surface area contributed by atoms with E-state index in [-0.39, 0.29) is 104 Å². The second kappa shape index (κ2) is 16.3. The van der Waals surface area contributed by atoms with Crippen molar-refractivity contribution < 1.29 is 17.1 Å². The molecule has 0 aromatic rings. The van der Waals surface area contributed by atoms with E-state index >= 15 is 0 Å². The molecule has 0 aliphatic carbocycles. The molecule has 0 spiro atoms. The molecule has 0 amide bonds. The fourth-order valence-corrected chi connectivity index (χ4v) is 0. The molecule has 0 rings (SSSR count). The molecule has 0 nitrogen and oxygen atoms in total. The van der Waals surface area contributed by atoms with E-state index in [1.165, 1.54) is 0 Å². The fraction of sp³-hybridized carbons (Fsp3) is 0. The molecule has 4 heavy (non-hydrogen) atoms. The van der Waals surface area contributed by atoms with Crippen LogP contribution in [0, 0.1) is 0 Å². The largest absolute Gasteiger partial charge is 0 e. The first-order valence-electron chi connectivity index (χ1n) is 0. The zero-order chi connectivity index (χ0) is 0. The average molecular weight is 164 g/mol. The standard InChI is InChI=1S/2Ca.Fe.Si. The van der Waals surface area contributed by atoms with Gasteiger partial charge in [-0.05, 0) is 0 Å². The van der Waals surface area contributed by atoms with Gasteiger partial charge in [0, 0.05) is 104 Å². The molecule has 0 unspecified atom stereocenters. The van der Waals surface area contributed by atoms with Gasteiger partial charge in [0.25, 0.3) is 0 Å².